The lowest BCUT2D eigenvalue weighted by atomic mass is 10.0. The first-order chi connectivity index (χ1) is 10.1. The zero-order valence-corrected chi connectivity index (χ0v) is 13.2. The highest BCUT2D eigenvalue weighted by Gasteiger charge is 2.31. The van der Waals surface area contributed by atoms with Gasteiger partial charge in [-0.05, 0) is 26.2 Å². The molecule has 116 valence electrons. The molecule has 0 spiro atoms. The maximum atomic E-state index is 8.44. The summed E-state index contributed by atoms with van der Waals surface area (Å²) in [6.45, 7) is 8.03. The van der Waals surface area contributed by atoms with Gasteiger partial charge in [-0.2, -0.15) is 0 Å². The Morgan fingerprint density at radius 2 is 2.05 bits per heavy atom. The van der Waals surface area contributed by atoms with E-state index in [1.807, 2.05) is 6.08 Å². The third-order valence-corrected chi connectivity index (χ3v) is 4.02. The Bertz CT molecular complexity index is 465. The highest BCUT2D eigenvalue weighted by atomic mass is 15.2. The second kappa shape index (κ2) is 7.41. The highest BCUT2D eigenvalue weighted by molar-refractivity contribution is 6.23. The number of nitrogens with one attached hydrogen (secondary N) is 2. The van der Waals surface area contributed by atoms with Crippen molar-refractivity contribution in [1.29, 1.82) is 5.41 Å². The molecule has 4 N–H and O–H groups in total. The smallest absolute Gasteiger partial charge is 0.134 e. The second-order valence-corrected chi connectivity index (χ2v) is 5.69. The summed E-state index contributed by atoms with van der Waals surface area (Å²) in [5.41, 5.74) is 8.80. The van der Waals surface area contributed by atoms with Gasteiger partial charge in [-0.1, -0.05) is 13.0 Å². The summed E-state index contributed by atoms with van der Waals surface area (Å²) in [6.07, 6.45) is 6.88. The lowest BCUT2D eigenvalue weighted by Gasteiger charge is -2.31. The predicted molar refractivity (Wildman–Crippen MR) is 88.6 cm³/mol. The summed E-state index contributed by atoms with van der Waals surface area (Å²) >= 11 is 0. The van der Waals surface area contributed by atoms with Crippen molar-refractivity contribution in [2.24, 2.45) is 16.6 Å². The van der Waals surface area contributed by atoms with Crippen LogP contribution < -0.4 is 11.1 Å². The minimum atomic E-state index is 0.377. The van der Waals surface area contributed by atoms with Crippen molar-refractivity contribution in [3.63, 3.8) is 0 Å². The van der Waals surface area contributed by atoms with Gasteiger partial charge in [-0.3, -0.25) is 0 Å². The van der Waals surface area contributed by atoms with Gasteiger partial charge in [0.15, 0.2) is 0 Å². The fourth-order valence-corrected chi connectivity index (χ4v) is 2.56. The maximum Gasteiger partial charge on any atom is 0.134 e. The van der Waals surface area contributed by atoms with Crippen molar-refractivity contribution >= 4 is 11.5 Å². The Kier molecular flexibility index (Phi) is 5.56. The zero-order valence-electron chi connectivity index (χ0n) is 13.2. The number of hydrogen-bond donors (Lipinski definition) is 3. The van der Waals surface area contributed by atoms with Crippen LogP contribution in [0.15, 0.2) is 28.5 Å². The third kappa shape index (κ3) is 4.17. The largest absolute Gasteiger partial charge is 0.383 e. The molecule has 2 aliphatic rings. The molecule has 0 aromatic carbocycles. The Hall–Kier alpha value is -1.62. The van der Waals surface area contributed by atoms with E-state index in [-0.39, 0.29) is 0 Å². The number of hydrogen-bond acceptors (Lipinski definition) is 4. The number of nitrogens with two attached hydrogens (primary N) is 1. The highest BCUT2D eigenvalue weighted by Crippen LogP contribution is 2.33. The molecule has 5 nitrogen and oxygen atoms in total. The van der Waals surface area contributed by atoms with Gasteiger partial charge in [0.1, 0.15) is 5.84 Å². The molecule has 0 amide bonds. The lowest BCUT2D eigenvalue weighted by Crippen LogP contribution is -2.43. The quantitative estimate of drug-likeness (QED) is 0.516. The van der Waals surface area contributed by atoms with E-state index >= 15 is 0 Å². The van der Waals surface area contributed by atoms with Gasteiger partial charge in [0.25, 0.3) is 0 Å². The minimum absolute atomic E-state index is 0.377. The van der Waals surface area contributed by atoms with Crippen LogP contribution in [-0.4, -0.2) is 42.6 Å². The lowest BCUT2D eigenvalue weighted by molar-refractivity contribution is 0.299. The van der Waals surface area contributed by atoms with Crippen LogP contribution in [0.3, 0.4) is 0 Å². The number of allylic oxidation sites excluding steroid dienone is 2. The Morgan fingerprint density at radius 1 is 1.38 bits per heavy atom. The van der Waals surface area contributed by atoms with E-state index in [2.05, 4.69) is 29.1 Å². The van der Waals surface area contributed by atoms with E-state index in [4.69, 9.17) is 11.1 Å². The average molecular weight is 289 g/mol. The van der Waals surface area contributed by atoms with Crippen LogP contribution >= 0.6 is 0 Å². The van der Waals surface area contributed by atoms with Crippen molar-refractivity contribution in [1.82, 2.24) is 10.2 Å². The monoisotopic (exact) mass is 289 g/mol. The SMILES string of the molecule is CC/C=C/N=C(N)/C(C(=N)C1CC1)=C(\C)N1CCNCC1. The molecule has 5 heteroatoms. The topological polar surface area (TPSA) is 77.5 Å². The standard InChI is InChI=1S/C16H27N5/c1-3-4-7-20-16(18)14(15(17)13-5-6-13)12(2)21-10-8-19-9-11-21/h4,7,13,17,19H,3,5-6,8-11H2,1-2H3,(H2,18,20)/b7-4+,14-12+,17-15?. The normalized spacial score (nSPS) is 21.6. The van der Waals surface area contributed by atoms with Crippen LogP contribution in [0.2, 0.25) is 0 Å². The summed E-state index contributed by atoms with van der Waals surface area (Å²) in [7, 11) is 0. The molecular formula is C16H27N5. The van der Waals surface area contributed by atoms with E-state index in [1.165, 1.54) is 0 Å². The van der Waals surface area contributed by atoms with Crippen molar-refractivity contribution in [3.8, 4) is 0 Å². The van der Waals surface area contributed by atoms with Gasteiger partial charge < -0.3 is 21.4 Å². The minimum Gasteiger partial charge on any atom is -0.383 e. The molecule has 0 unspecified atom stereocenters. The van der Waals surface area contributed by atoms with Gasteiger partial charge in [-0.25, -0.2) is 4.99 Å². The van der Waals surface area contributed by atoms with E-state index in [1.54, 1.807) is 6.20 Å². The molecule has 0 aromatic rings. The number of piperazine rings is 1. The van der Waals surface area contributed by atoms with Crippen LogP contribution in [0.1, 0.15) is 33.1 Å². The van der Waals surface area contributed by atoms with Gasteiger partial charge >= 0.3 is 0 Å². The summed E-state index contributed by atoms with van der Waals surface area (Å²) in [6, 6.07) is 0. The van der Waals surface area contributed by atoms with Crippen molar-refractivity contribution in [3.05, 3.63) is 23.5 Å². The first-order valence-corrected chi connectivity index (χ1v) is 7.89. The molecule has 1 aliphatic carbocycles. The van der Waals surface area contributed by atoms with Gasteiger partial charge in [0.05, 0.1) is 5.57 Å². The molecule has 21 heavy (non-hydrogen) atoms. The van der Waals surface area contributed by atoms with Crippen LogP contribution in [0.25, 0.3) is 0 Å². The summed E-state index contributed by atoms with van der Waals surface area (Å²) in [5, 5.41) is 11.8. The van der Waals surface area contributed by atoms with E-state index in [0.717, 1.165) is 56.7 Å². The second-order valence-electron chi connectivity index (χ2n) is 5.69. The summed E-state index contributed by atoms with van der Waals surface area (Å²) < 4.78 is 0. The molecule has 1 heterocycles. The number of nitrogens with zero attached hydrogens (tertiary/aromatic N) is 2. The molecule has 0 radical (unpaired) electrons. The molecule has 2 rings (SSSR count). The third-order valence-electron chi connectivity index (χ3n) is 4.02. The summed E-state index contributed by atoms with van der Waals surface area (Å²) in [4.78, 5) is 6.65. The predicted octanol–water partition coefficient (Wildman–Crippen LogP) is 1.88. The van der Waals surface area contributed by atoms with Crippen molar-refractivity contribution in [2.45, 2.75) is 33.1 Å². The summed E-state index contributed by atoms with van der Waals surface area (Å²) in [5.74, 6) is 0.856. The van der Waals surface area contributed by atoms with Crippen LogP contribution in [0.4, 0.5) is 0 Å². The van der Waals surface area contributed by atoms with Crippen LogP contribution in [-0.2, 0) is 0 Å². The van der Waals surface area contributed by atoms with E-state index < -0.39 is 0 Å². The van der Waals surface area contributed by atoms with E-state index in [9.17, 15) is 0 Å². The van der Waals surface area contributed by atoms with E-state index in [0.29, 0.717) is 17.5 Å². The van der Waals surface area contributed by atoms with Crippen molar-refractivity contribution < 1.29 is 0 Å². The van der Waals surface area contributed by atoms with Gasteiger partial charge in [0, 0.05) is 49.7 Å². The maximum absolute atomic E-state index is 8.44. The van der Waals surface area contributed by atoms with Crippen LogP contribution in [0, 0.1) is 11.3 Å². The molecule has 2 fully saturated rings. The number of rotatable bonds is 6. The molecule has 1 aliphatic heterocycles. The molecule has 0 atom stereocenters. The average Bonchev–Trinajstić information content (AvgIpc) is 3.33. The fourth-order valence-electron chi connectivity index (χ4n) is 2.56. The molecular weight excluding hydrogens is 262 g/mol. The molecule has 1 saturated carbocycles. The van der Waals surface area contributed by atoms with Gasteiger partial charge in [-0.15, -0.1) is 0 Å². The number of amidine groups is 1. The molecule has 0 bridgehead atoms. The Labute approximate surface area is 127 Å². The van der Waals surface area contributed by atoms with Crippen molar-refractivity contribution in [2.75, 3.05) is 26.2 Å². The Morgan fingerprint density at radius 3 is 2.62 bits per heavy atom. The van der Waals surface area contributed by atoms with Gasteiger partial charge in [0.2, 0.25) is 0 Å². The molecule has 0 aromatic heterocycles. The Balaban J connectivity index is 2.27. The fraction of sp³-hybridized carbons (Fsp3) is 0.625. The molecule has 1 saturated heterocycles. The first-order valence-electron chi connectivity index (χ1n) is 7.89. The van der Waals surface area contributed by atoms with Crippen LogP contribution in [0.5, 0.6) is 0 Å². The number of aliphatic imine (C=N–C) groups is 1. The zero-order chi connectivity index (χ0) is 15.2. The first kappa shape index (κ1) is 15.8.